The van der Waals surface area contributed by atoms with Crippen LogP contribution < -0.4 is 5.32 Å². The molecule has 1 fully saturated rings. The van der Waals surface area contributed by atoms with Crippen LogP contribution in [0.25, 0.3) is 32.3 Å². The molecule has 3 aromatic heterocycles. The summed E-state index contributed by atoms with van der Waals surface area (Å²) < 4.78 is 31.4. The number of nitrogens with zero attached hydrogens (tertiary/aromatic N) is 2. The maximum atomic E-state index is 14.8. The molecule has 6 nitrogen and oxygen atoms in total. The second-order valence-electron chi connectivity index (χ2n) is 9.10. The molecule has 0 saturated carbocycles. The molecule has 1 saturated heterocycles. The average molecular weight is 481 g/mol. The molecule has 34 heavy (non-hydrogen) atoms. The van der Waals surface area contributed by atoms with E-state index in [0.717, 1.165) is 21.1 Å². The fourth-order valence-electron chi connectivity index (χ4n) is 5.24. The Morgan fingerprint density at radius 3 is 2.65 bits per heavy atom. The average Bonchev–Trinajstić information content (AvgIpc) is 3.53. The molecule has 0 bridgehead atoms. The van der Waals surface area contributed by atoms with Crippen LogP contribution >= 0.6 is 11.3 Å². The highest BCUT2D eigenvalue weighted by molar-refractivity contribution is 7.16. The number of hydrogen-bond acceptors (Lipinski definition) is 4. The Labute approximate surface area is 197 Å². The number of benzene rings is 1. The molecule has 1 aromatic carbocycles. The van der Waals surface area contributed by atoms with Crippen LogP contribution in [0.3, 0.4) is 0 Å². The molecule has 6 rings (SSSR count). The Balaban J connectivity index is 1.51. The first-order chi connectivity index (χ1) is 16.3. The first kappa shape index (κ1) is 21.2. The number of thiophene rings is 1. The molecule has 5 heterocycles. The Kier molecular flexibility index (Phi) is 4.76. The summed E-state index contributed by atoms with van der Waals surface area (Å²) >= 11 is 1.52. The van der Waals surface area contributed by atoms with Gasteiger partial charge in [0.1, 0.15) is 4.83 Å². The van der Waals surface area contributed by atoms with E-state index in [9.17, 15) is 18.4 Å². The van der Waals surface area contributed by atoms with Crippen molar-refractivity contribution in [2.45, 2.75) is 18.9 Å². The molecule has 2 N–H and O–H groups in total. The third-order valence-electron chi connectivity index (χ3n) is 6.92. The highest BCUT2D eigenvalue weighted by atomic mass is 32.1. The number of halogens is 2. The zero-order valence-electron chi connectivity index (χ0n) is 18.4. The Morgan fingerprint density at radius 1 is 1.09 bits per heavy atom. The highest BCUT2D eigenvalue weighted by Crippen LogP contribution is 2.40. The van der Waals surface area contributed by atoms with Crippen molar-refractivity contribution in [1.82, 2.24) is 19.8 Å². The number of para-hydroxylation sites is 1. The van der Waals surface area contributed by atoms with E-state index >= 15 is 0 Å². The number of imide groups is 1. The van der Waals surface area contributed by atoms with Gasteiger partial charge in [-0.1, -0.05) is 18.2 Å². The third-order valence-corrected chi connectivity index (χ3v) is 7.76. The van der Waals surface area contributed by atoms with Crippen LogP contribution in [-0.4, -0.2) is 52.3 Å². The van der Waals surface area contributed by atoms with E-state index in [-0.39, 0.29) is 18.7 Å². The van der Waals surface area contributed by atoms with Gasteiger partial charge in [0.05, 0.1) is 17.7 Å². The summed E-state index contributed by atoms with van der Waals surface area (Å²) in [5.74, 6) is -4.54. The summed E-state index contributed by atoms with van der Waals surface area (Å²) in [6.07, 6.45) is 3.88. The van der Waals surface area contributed by atoms with Gasteiger partial charge in [0, 0.05) is 52.3 Å². The van der Waals surface area contributed by atoms with Gasteiger partial charge in [0.15, 0.2) is 0 Å². The first-order valence-electron chi connectivity index (χ1n) is 11.1. The number of aromatic amines is 1. The predicted octanol–water partition coefficient (Wildman–Crippen LogP) is 4.34. The van der Waals surface area contributed by atoms with Crippen molar-refractivity contribution in [3.63, 3.8) is 0 Å². The van der Waals surface area contributed by atoms with Crippen LogP contribution in [0.2, 0.25) is 0 Å². The van der Waals surface area contributed by atoms with Crippen LogP contribution in [0.1, 0.15) is 17.5 Å². The number of aromatic nitrogens is 2. The van der Waals surface area contributed by atoms with Gasteiger partial charge < -0.3 is 14.5 Å². The number of fused-ring (bicyclic) bond motifs is 2. The van der Waals surface area contributed by atoms with Crippen molar-refractivity contribution in [3.05, 3.63) is 59.2 Å². The van der Waals surface area contributed by atoms with E-state index in [1.165, 1.54) is 11.3 Å². The van der Waals surface area contributed by atoms with E-state index in [0.29, 0.717) is 29.7 Å². The molecule has 0 aliphatic carbocycles. The summed E-state index contributed by atoms with van der Waals surface area (Å²) in [6, 6.07) is 9.35. The second-order valence-corrected chi connectivity index (χ2v) is 10.0. The van der Waals surface area contributed by atoms with E-state index < -0.39 is 23.7 Å². The minimum Gasteiger partial charge on any atom is -0.352 e. The molecule has 1 atom stereocenters. The smallest absolute Gasteiger partial charge is 0.265 e. The maximum Gasteiger partial charge on any atom is 0.265 e. The third kappa shape index (κ3) is 3.22. The molecule has 1 unspecified atom stereocenters. The van der Waals surface area contributed by atoms with Crippen LogP contribution in [-0.2, 0) is 16.1 Å². The molecule has 174 valence electrons. The number of piperidine rings is 1. The Bertz CT molecular complexity index is 1490. The fourth-order valence-corrected chi connectivity index (χ4v) is 6.01. The largest absolute Gasteiger partial charge is 0.352 e. The molecule has 2 aliphatic rings. The minimum absolute atomic E-state index is 0.137. The number of amides is 2. The number of likely N-dealkylation sites (tertiary alicyclic amines) is 1. The van der Waals surface area contributed by atoms with Gasteiger partial charge in [0.2, 0.25) is 0 Å². The lowest BCUT2D eigenvalue weighted by molar-refractivity contribution is -0.122. The van der Waals surface area contributed by atoms with Crippen LogP contribution in [0.5, 0.6) is 0 Å². The van der Waals surface area contributed by atoms with Gasteiger partial charge in [0.25, 0.3) is 17.7 Å². The monoisotopic (exact) mass is 480 g/mol. The highest BCUT2D eigenvalue weighted by Gasteiger charge is 2.44. The summed E-state index contributed by atoms with van der Waals surface area (Å²) in [5, 5.41) is 5.99. The van der Waals surface area contributed by atoms with Crippen LogP contribution in [0.4, 0.5) is 8.78 Å². The lowest BCUT2D eigenvalue weighted by Crippen LogP contribution is -2.48. The molecular formula is C25H22F2N4O2S. The molecule has 0 radical (unpaired) electrons. The van der Waals surface area contributed by atoms with Gasteiger partial charge in [-0.3, -0.25) is 14.9 Å². The zero-order valence-corrected chi connectivity index (χ0v) is 19.2. The van der Waals surface area contributed by atoms with Crippen molar-refractivity contribution in [1.29, 1.82) is 0 Å². The summed E-state index contributed by atoms with van der Waals surface area (Å²) in [6.45, 7) is 0.487. The number of carbonyl (C=O) groups excluding carboxylic acids is 2. The quantitative estimate of drug-likeness (QED) is 0.427. The van der Waals surface area contributed by atoms with Gasteiger partial charge in [-0.2, -0.15) is 0 Å². The lowest BCUT2D eigenvalue weighted by atomic mass is 9.93. The van der Waals surface area contributed by atoms with Crippen LogP contribution in [0, 0.1) is 5.92 Å². The number of alkyl halides is 2. The van der Waals surface area contributed by atoms with E-state index in [1.807, 2.05) is 40.3 Å². The maximum absolute atomic E-state index is 14.8. The molecular weight excluding hydrogens is 458 g/mol. The van der Waals surface area contributed by atoms with E-state index in [4.69, 9.17) is 0 Å². The van der Waals surface area contributed by atoms with Crippen molar-refractivity contribution in [2.75, 3.05) is 20.1 Å². The normalized spacial score (nSPS) is 21.2. The first-order valence-corrected chi connectivity index (χ1v) is 12.0. The summed E-state index contributed by atoms with van der Waals surface area (Å²) in [5.41, 5.74) is 2.59. The van der Waals surface area contributed by atoms with Crippen molar-refractivity contribution < 1.29 is 18.4 Å². The number of hydrogen-bond donors (Lipinski definition) is 2. The summed E-state index contributed by atoms with van der Waals surface area (Å²) in [4.78, 5) is 31.6. The standard InChI is InChI=1S/C25H22F2N4O2S/c1-30-8-6-14(25(26,27)13-30)11-31-12-18(15-4-2-3-5-19(15)31)21-20(22(32)29-23(21)33)17-10-28-24-16(17)7-9-34-24/h2-5,7,9-10,12,14,28H,6,8,11,13H2,1H3,(H,29,32,33). The lowest BCUT2D eigenvalue weighted by Gasteiger charge is -2.36. The number of H-pyrrole nitrogens is 1. The van der Waals surface area contributed by atoms with E-state index in [2.05, 4.69) is 10.3 Å². The van der Waals surface area contributed by atoms with Gasteiger partial charge in [-0.25, -0.2) is 8.78 Å². The molecule has 9 heteroatoms. The van der Waals surface area contributed by atoms with Crippen molar-refractivity contribution in [3.8, 4) is 0 Å². The molecule has 0 spiro atoms. The number of carbonyl (C=O) groups is 2. The molecule has 2 amide bonds. The van der Waals surface area contributed by atoms with Gasteiger partial charge in [-0.15, -0.1) is 11.3 Å². The van der Waals surface area contributed by atoms with Crippen molar-refractivity contribution >= 4 is 55.4 Å². The second kappa shape index (κ2) is 7.61. The molecule has 2 aliphatic heterocycles. The number of nitrogens with one attached hydrogen (secondary N) is 2. The van der Waals surface area contributed by atoms with Crippen molar-refractivity contribution in [2.24, 2.45) is 5.92 Å². The summed E-state index contributed by atoms with van der Waals surface area (Å²) in [7, 11) is 1.71. The Morgan fingerprint density at radius 2 is 1.85 bits per heavy atom. The fraction of sp³-hybridized carbons (Fsp3) is 0.280. The molecule has 4 aromatic rings. The van der Waals surface area contributed by atoms with Gasteiger partial charge in [-0.05, 0) is 37.5 Å². The SMILES string of the molecule is CN1CCC(Cn2cc(C3=C(c4c[nH]c5sccc45)C(=O)NC3=O)c3ccccc32)C(F)(F)C1. The van der Waals surface area contributed by atoms with E-state index in [1.54, 1.807) is 24.3 Å². The Hall–Kier alpha value is -3.30. The topological polar surface area (TPSA) is 70.1 Å². The predicted molar refractivity (Wildman–Crippen MR) is 129 cm³/mol. The number of rotatable bonds is 4. The zero-order chi connectivity index (χ0) is 23.6. The van der Waals surface area contributed by atoms with Crippen LogP contribution in [0.15, 0.2) is 48.1 Å². The minimum atomic E-state index is -2.81. The van der Waals surface area contributed by atoms with Gasteiger partial charge >= 0.3 is 0 Å².